The van der Waals surface area contributed by atoms with Gasteiger partial charge >= 0.3 is 0 Å². The van der Waals surface area contributed by atoms with Gasteiger partial charge in [0.2, 0.25) is 0 Å². The molecule has 0 saturated carbocycles. The zero-order chi connectivity index (χ0) is 23.8. The number of aryl methyl sites for hydroxylation is 1. The Balaban J connectivity index is 1.48. The number of hydrogen-bond donors (Lipinski definition) is 1. The Morgan fingerprint density at radius 2 is 1.59 bits per heavy atom. The number of nitrogens with one attached hydrogen (secondary N) is 1. The molecule has 0 saturated heterocycles. The average molecular weight is 490 g/mol. The molecule has 2 amide bonds. The Morgan fingerprint density at radius 1 is 0.824 bits per heavy atom. The molecule has 170 valence electrons. The fourth-order valence-electron chi connectivity index (χ4n) is 4.24. The molecule has 2 heterocycles. The summed E-state index contributed by atoms with van der Waals surface area (Å²) in [5.74, 6) is -0.553. The Kier molecular flexibility index (Phi) is 5.90. The highest BCUT2D eigenvalue weighted by atomic mass is 35.5. The van der Waals surface area contributed by atoms with Gasteiger partial charge in [0.25, 0.3) is 11.8 Å². The molecule has 5 rings (SSSR count). The minimum Gasteiger partial charge on any atom is -0.345 e. The second-order valence-corrected chi connectivity index (χ2v) is 8.96. The van der Waals surface area contributed by atoms with E-state index in [1.807, 2.05) is 61.7 Å². The van der Waals surface area contributed by atoms with E-state index in [-0.39, 0.29) is 27.4 Å². The predicted octanol–water partition coefficient (Wildman–Crippen LogP) is 6.56. The zero-order valence-electron chi connectivity index (χ0n) is 18.4. The molecule has 0 atom stereocenters. The van der Waals surface area contributed by atoms with Gasteiger partial charge in [0, 0.05) is 29.7 Å². The fourth-order valence-corrected chi connectivity index (χ4v) is 4.70. The number of nitrogens with zero attached hydrogens (tertiary/aromatic N) is 2. The predicted molar refractivity (Wildman–Crippen MR) is 136 cm³/mol. The van der Waals surface area contributed by atoms with E-state index >= 15 is 0 Å². The van der Waals surface area contributed by atoms with Gasteiger partial charge < -0.3 is 14.8 Å². The number of benzene rings is 3. The first-order chi connectivity index (χ1) is 16.4. The molecular weight excluding hydrogens is 469 g/mol. The van der Waals surface area contributed by atoms with Gasteiger partial charge in [-0.2, -0.15) is 0 Å². The molecular formula is C27H21Cl2N3O2. The van der Waals surface area contributed by atoms with E-state index in [4.69, 9.17) is 23.2 Å². The molecule has 34 heavy (non-hydrogen) atoms. The molecule has 7 heteroatoms. The van der Waals surface area contributed by atoms with Crippen LogP contribution in [0.3, 0.4) is 0 Å². The summed E-state index contributed by atoms with van der Waals surface area (Å²) in [4.78, 5) is 28.2. The van der Waals surface area contributed by atoms with Gasteiger partial charge in [-0.1, -0.05) is 59.6 Å². The topological polar surface area (TPSA) is 54.3 Å². The van der Waals surface area contributed by atoms with Crippen molar-refractivity contribution in [2.75, 3.05) is 10.2 Å². The Bertz CT molecular complexity index is 1430. The molecule has 0 bridgehead atoms. The number of rotatable bonds is 3. The Labute approximate surface area is 207 Å². The van der Waals surface area contributed by atoms with Gasteiger partial charge in [-0.15, -0.1) is 0 Å². The summed E-state index contributed by atoms with van der Waals surface area (Å²) >= 11 is 13.1. The number of carbonyl (C=O) groups excluding carboxylic acids is 2. The average Bonchev–Trinajstić information content (AvgIpc) is 3.21. The summed E-state index contributed by atoms with van der Waals surface area (Å²) in [7, 11) is 0. The lowest BCUT2D eigenvalue weighted by Crippen LogP contribution is -2.31. The SMILES string of the molecule is Cc1ccccc1C(=O)Nc1ccc(C(=O)N2Cc3cccn3Cc3ccccc32)c(Cl)c1Cl. The maximum absolute atomic E-state index is 13.7. The molecule has 0 spiro atoms. The molecule has 1 N–H and O–H groups in total. The second-order valence-electron chi connectivity index (χ2n) is 8.21. The number of amides is 2. The van der Waals surface area contributed by atoms with Crippen LogP contribution >= 0.6 is 23.2 Å². The number of hydrogen-bond acceptors (Lipinski definition) is 2. The fraction of sp³-hybridized carbons (Fsp3) is 0.111. The molecule has 0 aliphatic carbocycles. The highest BCUT2D eigenvalue weighted by Gasteiger charge is 2.27. The monoisotopic (exact) mass is 489 g/mol. The number of halogens is 2. The summed E-state index contributed by atoms with van der Waals surface area (Å²) in [6, 6.07) is 22.3. The second kappa shape index (κ2) is 9.01. The maximum Gasteiger partial charge on any atom is 0.260 e. The van der Waals surface area contributed by atoms with Gasteiger partial charge in [0.1, 0.15) is 0 Å². The first-order valence-electron chi connectivity index (χ1n) is 10.8. The van der Waals surface area contributed by atoms with Crippen LogP contribution in [0.5, 0.6) is 0 Å². The molecule has 5 nitrogen and oxygen atoms in total. The summed E-state index contributed by atoms with van der Waals surface area (Å²) in [6.45, 7) is 2.95. The number of carbonyl (C=O) groups is 2. The van der Waals surface area contributed by atoms with Crippen LogP contribution < -0.4 is 10.2 Å². The molecule has 0 unspecified atom stereocenters. The van der Waals surface area contributed by atoms with E-state index < -0.39 is 0 Å². The van der Waals surface area contributed by atoms with Crippen LogP contribution in [0.2, 0.25) is 10.0 Å². The van der Waals surface area contributed by atoms with E-state index in [1.165, 1.54) is 0 Å². The summed E-state index contributed by atoms with van der Waals surface area (Å²) in [6.07, 6.45) is 2.01. The van der Waals surface area contributed by atoms with Gasteiger partial charge in [0.15, 0.2) is 0 Å². The number of para-hydroxylation sites is 1. The zero-order valence-corrected chi connectivity index (χ0v) is 19.9. The van der Waals surface area contributed by atoms with E-state index in [2.05, 4.69) is 9.88 Å². The summed E-state index contributed by atoms with van der Waals surface area (Å²) in [5, 5.41) is 3.03. The van der Waals surface area contributed by atoms with Crippen molar-refractivity contribution in [1.82, 2.24) is 4.57 Å². The van der Waals surface area contributed by atoms with Crippen LogP contribution in [0.4, 0.5) is 11.4 Å². The van der Waals surface area contributed by atoms with Crippen molar-refractivity contribution >= 4 is 46.4 Å². The Hall–Kier alpha value is -3.54. The Morgan fingerprint density at radius 3 is 2.41 bits per heavy atom. The minimum absolute atomic E-state index is 0.103. The normalized spacial score (nSPS) is 12.5. The number of aromatic nitrogens is 1. The van der Waals surface area contributed by atoms with Crippen LogP contribution in [0.15, 0.2) is 79.0 Å². The molecule has 3 aromatic carbocycles. The van der Waals surface area contributed by atoms with Gasteiger partial charge in [-0.25, -0.2) is 0 Å². The van der Waals surface area contributed by atoms with Crippen LogP contribution in [-0.4, -0.2) is 16.4 Å². The van der Waals surface area contributed by atoms with Crippen LogP contribution in [0, 0.1) is 6.92 Å². The van der Waals surface area contributed by atoms with Gasteiger partial charge in [0.05, 0.1) is 27.8 Å². The van der Waals surface area contributed by atoms with Crippen molar-refractivity contribution < 1.29 is 9.59 Å². The van der Waals surface area contributed by atoms with Crippen molar-refractivity contribution in [1.29, 1.82) is 0 Å². The van der Waals surface area contributed by atoms with Crippen molar-refractivity contribution in [3.63, 3.8) is 0 Å². The van der Waals surface area contributed by atoms with Gasteiger partial charge in [-0.3, -0.25) is 9.59 Å². The van der Waals surface area contributed by atoms with Crippen molar-refractivity contribution in [2.24, 2.45) is 0 Å². The van der Waals surface area contributed by atoms with E-state index in [1.54, 1.807) is 29.2 Å². The smallest absolute Gasteiger partial charge is 0.260 e. The van der Waals surface area contributed by atoms with Gasteiger partial charge in [-0.05, 0) is 54.4 Å². The lowest BCUT2D eigenvalue weighted by Gasteiger charge is -2.24. The van der Waals surface area contributed by atoms with Crippen molar-refractivity contribution in [2.45, 2.75) is 20.0 Å². The van der Waals surface area contributed by atoms with E-state index in [0.29, 0.717) is 24.3 Å². The molecule has 4 aromatic rings. The van der Waals surface area contributed by atoms with E-state index in [9.17, 15) is 9.59 Å². The number of anilines is 2. The third kappa shape index (κ3) is 3.98. The molecule has 1 aromatic heterocycles. The molecule has 1 aliphatic heterocycles. The van der Waals surface area contributed by atoms with Crippen LogP contribution in [0.1, 0.15) is 37.5 Å². The summed E-state index contributed by atoms with van der Waals surface area (Å²) < 4.78 is 2.13. The minimum atomic E-state index is -0.294. The maximum atomic E-state index is 13.7. The number of fused-ring (bicyclic) bond motifs is 2. The first-order valence-corrected chi connectivity index (χ1v) is 11.6. The van der Waals surface area contributed by atoms with E-state index in [0.717, 1.165) is 22.5 Å². The summed E-state index contributed by atoms with van der Waals surface area (Å²) in [5.41, 5.74) is 4.90. The van der Waals surface area contributed by atoms with Crippen LogP contribution in [-0.2, 0) is 13.1 Å². The van der Waals surface area contributed by atoms with Crippen molar-refractivity contribution in [3.05, 3.63) is 117 Å². The molecule has 0 fully saturated rings. The third-order valence-electron chi connectivity index (χ3n) is 6.06. The van der Waals surface area contributed by atoms with Crippen LogP contribution in [0.25, 0.3) is 0 Å². The lowest BCUT2D eigenvalue weighted by molar-refractivity contribution is 0.0984. The molecule has 0 radical (unpaired) electrons. The third-order valence-corrected chi connectivity index (χ3v) is 6.94. The first kappa shape index (κ1) is 22.3. The lowest BCUT2D eigenvalue weighted by atomic mass is 10.1. The standard InChI is InChI=1S/C27H21Cl2N3O2/c1-17-7-2-4-10-20(17)26(33)30-22-13-12-21(24(28)25(22)29)27(34)32-16-19-9-6-14-31(19)15-18-8-3-5-11-23(18)32/h2-14H,15-16H2,1H3,(H,30,33). The quantitative estimate of drug-likeness (QED) is 0.354. The molecule has 1 aliphatic rings. The highest BCUT2D eigenvalue weighted by Crippen LogP contribution is 2.36. The van der Waals surface area contributed by atoms with Crippen molar-refractivity contribution in [3.8, 4) is 0 Å². The largest absolute Gasteiger partial charge is 0.345 e. The highest BCUT2D eigenvalue weighted by molar-refractivity contribution is 6.46.